The Hall–Kier alpha value is -2.71. The van der Waals surface area contributed by atoms with E-state index in [-0.39, 0.29) is 29.3 Å². The van der Waals surface area contributed by atoms with Crippen LogP contribution in [0.3, 0.4) is 0 Å². The fraction of sp³-hybridized carbons (Fsp3) is 0.333. The van der Waals surface area contributed by atoms with Gasteiger partial charge < -0.3 is 10.2 Å². The molecule has 1 aliphatic rings. The van der Waals surface area contributed by atoms with Crippen molar-refractivity contribution in [1.29, 1.82) is 0 Å². The predicted octanol–water partition coefficient (Wildman–Crippen LogP) is 1.69. The first kappa shape index (κ1) is 21.0. The summed E-state index contributed by atoms with van der Waals surface area (Å²) in [6, 6.07) is 15.2. The average Bonchev–Trinajstić information content (AvgIpc) is 2.73. The summed E-state index contributed by atoms with van der Waals surface area (Å²) in [5.74, 6) is -0.460. The Kier molecular flexibility index (Phi) is 6.66. The molecule has 0 bridgehead atoms. The number of carbonyl (C=O) groups is 2. The first-order valence-corrected chi connectivity index (χ1v) is 11.0. The molecule has 8 heteroatoms. The molecule has 0 aliphatic carbocycles. The Morgan fingerprint density at radius 2 is 1.62 bits per heavy atom. The Labute approximate surface area is 171 Å². The highest BCUT2D eigenvalue weighted by molar-refractivity contribution is 7.89. The van der Waals surface area contributed by atoms with Crippen LogP contribution in [0.15, 0.2) is 59.5 Å². The number of likely N-dealkylation sites (tertiary alicyclic amines) is 1. The average molecular weight is 416 g/mol. The first-order valence-electron chi connectivity index (χ1n) is 9.55. The molecule has 154 valence electrons. The molecular weight excluding hydrogens is 390 g/mol. The first-order chi connectivity index (χ1) is 13.8. The summed E-state index contributed by atoms with van der Waals surface area (Å²) >= 11 is 0. The third-order valence-electron chi connectivity index (χ3n) is 4.94. The van der Waals surface area contributed by atoms with E-state index in [2.05, 4.69) is 10.0 Å². The maximum Gasteiger partial charge on any atom is 0.251 e. The molecule has 1 fully saturated rings. The van der Waals surface area contributed by atoms with Gasteiger partial charge in [-0.3, -0.25) is 9.59 Å². The maximum absolute atomic E-state index is 12.4. The van der Waals surface area contributed by atoms with Gasteiger partial charge in [0.05, 0.1) is 11.4 Å². The van der Waals surface area contributed by atoms with Crippen molar-refractivity contribution in [2.24, 2.45) is 0 Å². The molecule has 2 aromatic carbocycles. The van der Waals surface area contributed by atoms with Crippen molar-refractivity contribution in [2.45, 2.75) is 30.7 Å². The number of sulfonamides is 1. The van der Waals surface area contributed by atoms with E-state index in [0.29, 0.717) is 31.5 Å². The highest BCUT2D eigenvalue weighted by atomic mass is 32.2. The van der Waals surface area contributed by atoms with Crippen LogP contribution in [0.4, 0.5) is 0 Å². The number of hydrogen-bond donors (Lipinski definition) is 2. The molecule has 0 atom stereocenters. The molecule has 2 N–H and O–H groups in total. The van der Waals surface area contributed by atoms with E-state index in [1.165, 1.54) is 0 Å². The minimum absolute atomic E-state index is 0.0763. The minimum atomic E-state index is -3.56. The molecule has 0 aromatic heterocycles. The molecular formula is C21H25N3O4S. The van der Waals surface area contributed by atoms with Gasteiger partial charge in [-0.05, 0) is 44.0 Å². The zero-order valence-electron chi connectivity index (χ0n) is 16.3. The highest BCUT2D eigenvalue weighted by Gasteiger charge is 2.26. The van der Waals surface area contributed by atoms with E-state index < -0.39 is 10.0 Å². The van der Waals surface area contributed by atoms with E-state index in [4.69, 9.17) is 0 Å². The lowest BCUT2D eigenvalue weighted by atomic mass is 10.1. The zero-order valence-corrected chi connectivity index (χ0v) is 17.1. The van der Waals surface area contributed by atoms with Crippen LogP contribution in [0.1, 0.15) is 28.8 Å². The van der Waals surface area contributed by atoms with E-state index in [0.717, 1.165) is 5.56 Å². The summed E-state index contributed by atoms with van der Waals surface area (Å²) in [6.45, 7) is 2.75. The SMILES string of the molecule is Cc1ccc(C(=O)NCC(=O)N2CCC(NS(=O)(=O)c3ccccc3)CC2)cc1. The van der Waals surface area contributed by atoms with Crippen LogP contribution in [0, 0.1) is 6.92 Å². The number of carbonyl (C=O) groups excluding carboxylic acids is 2. The van der Waals surface area contributed by atoms with Gasteiger partial charge in [0.1, 0.15) is 0 Å². The van der Waals surface area contributed by atoms with Gasteiger partial charge in [-0.15, -0.1) is 0 Å². The summed E-state index contributed by atoms with van der Waals surface area (Å²) in [5.41, 5.74) is 1.57. The van der Waals surface area contributed by atoms with E-state index in [1.807, 2.05) is 19.1 Å². The normalized spacial score (nSPS) is 15.1. The summed E-state index contributed by atoms with van der Waals surface area (Å²) in [6.07, 6.45) is 1.06. The molecule has 0 radical (unpaired) electrons. The van der Waals surface area contributed by atoms with Crippen LogP contribution in [0.5, 0.6) is 0 Å². The molecule has 2 amide bonds. The lowest BCUT2D eigenvalue weighted by Gasteiger charge is -2.32. The molecule has 1 heterocycles. The largest absolute Gasteiger partial charge is 0.343 e. The molecule has 7 nitrogen and oxygen atoms in total. The second kappa shape index (κ2) is 9.19. The van der Waals surface area contributed by atoms with Crippen molar-refractivity contribution in [3.8, 4) is 0 Å². The van der Waals surface area contributed by atoms with Gasteiger partial charge in [-0.1, -0.05) is 35.9 Å². The van der Waals surface area contributed by atoms with Crippen molar-refractivity contribution in [3.05, 3.63) is 65.7 Å². The van der Waals surface area contributed by atoms with Crippen LogP contribution in [0.25, 0.3) is 0 Å². The number of rotatable bonds is 6. The van der Waals surface area contributed by atoms with Crippen molar-refractivity contribution in [1.82, 2.24) is 14.9 Å². The Morgan fingerprint density at radius 3 is 2.24 bits per heavy atom. The highest BCUT2D eigenvalue weighted by Crippen LogP contribution is 2.15. The molecule has 1 saturated heterocycles. The minimum Gasteiger partial charge on any atom is -0.343 e. The fourth-order valence-electron chi connectivity index (χ4n) is 3.21. The zero-order chi connectivity index (χ0) is 20.9. The number of amides is 2. The molecule has 2 aromatic rings. The monoisotopic (exact) mass is 415 g/mol. The van der Waals surface area contributed by atoms with E-state index in [9.17, 15) is 18.0 Å². The number of aryl methyl sites for hydroxylation is 1. The number of hydrogen-bond acceptors (Lipinski definition) is 4. The smallest absolute Gasteiger partial charge is 0.251 e. The van der Waals surface area contributed by atoms with Crippen molar-refractivity contribution in [3.63, 3.8) is 0 Å². The number of nitrogens with one attached hydrogen (secondary N) is 2. The Morgan fingerprint density at radius 1 is 1.00 bits per heavy atom. The molecule has 0 unspecified atom stereocenters. The summed E-state index contributed by atoms with van der Waals surface area (Å²) in [7, 11) is -3.56. The van der Waals surface area contributed by atoms with Crippen molar-refractivity contribution in [2.75, 3.05) is 19.6 Å². The fourth-order valence-corrected chi connectivity index (χ4v) is 4.53. The van der Waals surface area contributed by atoms with Crippen LogP contribution in [-0.2, 0) is 14.8 Å². The van der Waals surface area contributed by atoms with Crippen LogP contribution >= 0.6 is 0 Å². The van der Waals surface area contributed by atoms with Gasteiger partial charge in [0.2, 0.25) is 15.9 Å². The lowest BCUT2D eigenvalue weighted by molar-refractivity contribution is -0.131. The third-order valence-corrected chi connectivity index (χ3v) is 6.47. The maximum atomic E-state index is 12.4. The Bertz CT molecular complexity index is 951. The number of piperidine rings is 1. The van der Waals surface area contributed by atoms with E-state index in [1.54, 1.807) is 47.4 Å². The molecule has 1 aliphatic heterocycles. The van der Waals surface area contributed by atoms with Crippen LogP contribution < -0.4 is 10.0 Å². The van der Waals surface area contributed by atoms with Gasteiger partial charge in [0, 0.05) is 24.7 Å². The van der Waals surface area contributed by atoms with E-state index >= 15 is 0 Å². The molecule has 3 rings (SSSR count). The predicted molar refractivity (Wildman–Crippen MR) is 110 cm³/mol. The molecule has 0 spiro atoms. The second-order valence-corrected chi connectivity index (χ2v) is 8.85. The van der Waals surface area contributed by atoms with Gasteiger partial charge in [0.25, 0.3) is 5.91 Å². The molecule has 0 saturated carbocycles. The Balaban J connectivity index is 1.46. The third kappa shape index (κ3) is 5.65. The standard InChI is InChI=1S/C21H25N3O4S/c1-16-7-9-17(10-8-16)21(26)22-15-20(25)24-13-11-18(12-14-24)23-29(27,28)19-5-3-2-4-6-19/h2-10,18,23H,11-15H2,1H3,(H,22,26). The topological polar surface area (TPSA) is 95.6 Å². The van der Waals surface area contributed by atoms with Crippen molar-refractivity contribution < 1.29 is 18.0 Å². The van der Waals surface area contributed by atoms with Crippen molar-refractivity contribution >= 4 is 21.8 Å². The molecule has 29 heavy (non-hydrogen) atoms. The number of benzene rings is 2. The quantitative estimate of drug-likeness (QED) is 0.751. The number of nitrogens with zero attached hydrogens (tertiary/aromatic N) is 1. The lowest BCUT2D eigenvalue weighted by Crippen LogP contribution is -2.48. The van der Waals surface area contributed by atoms with Gasteiger partial charge >= 0.3 is 0 Å². The van der Waals surface area contributed by atoms with Gasteiger partial charge in [-0.25, -0.2) is 13.1 Å². The second-order valence-electron chi connectivity index (χ2n) is 7.14. The van der Waals surface area contributed by atoms with Crippen LogP contribution in [0.2, 0.25) is 0 Å². The summed E-state index contributed by atoms with van der Waals surface area (Å²) < 4.78 is 27.5. The van der Waals surface area contributed by atoms with Crippen LogP contribution in [-0.4, -0.2) is 50.8 Å². The van der Waals surface area contributed by atoms with Gasteiger partial charge in [-0.2, -0.15) is 0 Å². The van der Waals surface area contributed by atoms with Gasteiger partial charge in [0.15, 0.2) is 0 Å². The summed E-state index contributed by atoms with van der Waals surface area (Å²) in [4.78, 5) is 26.4. The summed E-state index contributed by atoms with van der Waals surface area (Å²) in [5, 5.41) is 2.64.